The van der Waals surface area contributed by atoms with E-state index in [2.05, 4.69) is 4.98 Å². The Balaban J connectivity index is 2.04. The van der Waals surface area contributed by atoms with E-state index in [0.29, 0.717) is 5.69 Å². The molecule has 7 heteroatoms. The van der Waals surface area contributed by atoms with Gasteiger partial charge in [-0.15, -0.1) is 0 Å². The summed E-state index contributed by atoms with van der Waals surface area (Å²) in [5.41, 5.74) is 0.297. The number of aromatic amines is 1. The molecule has 1 heterocycles. The Bertz CT molecular complexity index is 610. The number of non-ortho nitro benzene ring substituents is 1. The molecule has 0 radical (unpaired) electrons. The second-order valence-electron chi connectivity index (χ2n) is 3.67. The SMILES string of the molecule is O=C(COc1ccc([N+](=O)[O-])cc1Cl)c1ccc[nH]1. The lowest BCUT2D eigenvalue weighted by molar-refractivity contribution is -0.384. The Hall–Kier alpha value is -2.34. The van der Waals surface area contributed by atoms with E-state index >= 15 is 0 Å². The second kappa shape index (κ2) is 5.53. The minimum atomic E-state index is -0.556. The maximum Gasteiger partial charge on any atom is 0.271 e. The zero-order valence-electron chi connectivity index (χ0n) is 9.63. The van der Waals surface area contributed by atoms with Gasteiger partial charge in [0.2, 0.25) is 5.78 Å². The van der Waals surface area contributed by atoms with Crippen LogP contribution in [-0.4, -0.2) is 22.3 Å². The van der Waals surface area contributed by atoms with Gasteiger partial charge >= 0.3 is 0 Å². The highest BCUT2D eigenvalue weighted by Crippen LogP contribution is 2.28. The number of halogens is 1. The number of nitro benzene ring substituents is 1. The van der Waals surface area contributed by atoms with E-state index in [1.54, 1.807) is 18.3 Å². The molecule has 0 amide bonds. The summed E-state index contributed by atoms with van der Waals surface area (Å²) >= 11 is 5.83. The van der Waals surface area contributed by atoms with E-state index in [1.165, 1.54) is 18.2 Å². The summed E-state index contributed by atoms with van der Waals surface area (Å²) in [6, 6.07) is 7.13. The van der Waals surface area contributed by atoms with E-state index in [1.807, 2.05) is 0 Å². The molecule has 0 unspecified atom stereocenters. The fraction of sp³-hybridized carbons (Fsp3) is 0.0833. The van der Waals surface area contributed by atoms with E-state index < -0.39 is 4.92 Å². The molecule has 0 saturated carbocycles. The number of nitrogens with zero attached hydrogens (tertiary/aromatic N) is 1. The van der Waals surface area contributed by atoms with Crippen LogP contribution in [0.2, 0.25) is 5.02 Å². The third kappa shape index (κ3) is 3.11. The van der Waals surface area contributed by atoms with Gasteiger partial charge in [0.15, 0.2) is 6.61 Å². The van der Waals surface area contributed by atoms with Crippen molar-refractivity contribution in [2.24, 2.45) is 0 Å². The fourth-order valence-electron chi connectivity index (χ4n) is 1.45. The highest BCUT2D eigenvalue weighted by molar-refractivity contribution is 6.32. The number of aromatic nitrogens is 1. The van der Waals surface area contributed by atoms with Crippen molar-refractivity contribution in [1.82, 2.24) is 4.98 Å². The molecule has 0 bridgehead atoms. The summed E-state index contributed by atoms with van der Waals surface area (Å²) < 4.78 is 5.23. The third-order valence-electron chi connectivity index (χ3n) is 2.38. The summed E-state index contributed by atoms with van der Waals surface area (Å²) in [6.45, 7) is -0.196. The highest BCUT2D eigenvalue weighted by Gasteiger charge is 2.12. The molecule has 0 fully saturated rings. The van der Waals surface area contributed by atoms with E-state index in [9.17, 15) is 14.9 Å². The van der Waals surface area contributed by atoms with Crippen molar-refractivity contribution in [3.8, 4) is 5.75 Å². The number of H-pyrrole nitrogens is 1. The van der Waals surface area contributed by atoms with Gasteiger partial charge < -0.3 is 9.72 Å². The minimum Gasteiger partial charge on any atom is -0.484 e. The number of carbonyl (C=O) groups is 1. The van der Waals surface area contributed by atoms with Gasteiger partial charge in [0.1, 0.15) is 5.75 Å². The van der Waals surface area contributed by atoms with Crippen molar-refractivity contribution >= 4 is 23.1 Å². The number of carbonyl (C=O) groups excluding carboxylic acids is 1. The molecule has 0 aliphatic rings. The lowest BCUT2D eigenvalue weighted by Gasteiger charge is -2.06. The molecule has 1 aromatic carbocycles. The number of ketones is 1. The zero-order valence-corrected chi connectivity index (χ0v) is 10.4. The molecular formula is C12H9ClN2O4. The van der Waals surface area contributed by atoms with Crippen molar-refractivity contribution in [2.45, 2.75) is 0 Å². The number of nitro groups is 1. The van der Waals surface area contributed by atoms with Crippen LogP contribution in [0.15, 0.2) is 36.5 Å². The van der Waals surface area contributed by atoms with Gasteiger partial charge in [-0.25, -0.2) is 0 Å². The molecule has 0 aliphatic heterocycles. The van der Waals surface area contributed by atoms with Crippen LogP contribution in [0.5, 0.6) is 5.75 Å². The van der Waals surface area contributed by atoms with Crippen LogP contribution in [0.4, 0.5) is 5.69 Å². The number of benzene rings is 1. The molecule has 2 aromatic rings. The molecule has 98 valence electrons. The monoisotopic (exact) mass is 280 g/mol. The van der Waals surface area contributed by atoms with Crippen LogP contribution >= 0.6 is 11.6 Å². The second-order valence-corrected chi connectivity index (χ2v) is 4.07. The topological polar surface area (TPSA) is 85.2 Å². The smallest absolute Gasteiger partial charge is 0.271 e. The fourth-order valence-corrected chi connectivity index (χ4v) is 1.67. The highest BCUT2D eigenvalue weighted by atomic mass is 35.5. The van der Waals surface area contributed by atoms with Crippen LogP contribution in [0.25, 0.3) is 0 Å². The predicted octanol–water partition coefficient (Wildman–Crippen LogP) is 2.84. The van der Waals surface area contributed by atoms with Gasteiger partial charge in [-0.05, 0) is 18.2 Å². The van der Waals surface area contributed by atoms with Crippen LogP contribution in [0.3, 0.4) is 0 Å². The number of rotatable bonds is 5. The van der Waals surface area contributed by atoms with Gasteiger partial charge in [-0.1, -0.05) is 11.6 Å². The standard InChI is InChI=1S/C12H9ClN2O4/c13-9-6-8(15(17)18)3-4-12(9)19-7-11(16)10-2-1-5-14-10/h1-6,14H,7H2. The molecule has 2 rings (SSSR count). The Morgan fingerprint density at radius 2 is 2.21 bits per heavy atom. The van der Waals surface area contributed by atoms with Crippen LogP contribution < -0.4 is 4.74 Å². The summed E-state index contributed by atoms with van der Waals surface area (Å²) in [7, 11) is 0. The van der Waals surface area contributed by atoms with Crippen LogP contribution in [0, 0.1) is 10.1 Å². The average molecular weight is 281 g/mol. The first-order valence-electron chi connectivity index (χ1n) is 5.31. The van der Waals surface area contributed by atoms with Crippen molar-refractivity contribution in [1.29, 1.82) is 0 Å². The lowest BCUT2D eigenvalue weighted by atomic mass is 10.3. The lowest BCUT2D eigenvalue weighted by Crippen LogP contribution is -2.12. The number of nitrogens with one attached hydrogen (secondary N) is 1. The summed E-state index contributed by atoms with van der Waals surface area (Å²) in [4.78, 5) is 24.4. The Labute approximate surface area is 113 Å². The molecule has 6 nitrogen and oxygen atoms in total. The van der Waals surface area contributed by atoms with Crippen LogP contribution in [0.1, 0.15) is 10.5 Å². The Morgan fingerprint density at radius 3 is 2.79 bits per heavy atom. The number of hydrogen-bond donors (Lipinski definition) is 1. The first kappa shape index (κ1) is 13.1. The average Bonchev–Trinajstić information content (AvgIpc) is 2.90. The molecule has 1 aromatic heterocycles. The zero-order chi connectivity index (χ0) is 13.8. The molecule has 1 N–H and O–H groups in total. The van der Waals surface area contributed by atoms with E-state index in [4.69, 9.17) is 16.3 Å². The molecular weight excluding hydrogens is 272 g/mol. The molecule has 0 spiro atoms. The minimum absolute atomic E-state index is 0.0912. The Morgan fingerprint density at radius 1 is 1.42 bits per heavy atom. The van der Waals surface area contributed by atoms with Crippen molar-refractivity contribution in [3.05, 3.63) is 57.4 Å². The predicted molar refractivity (Wildman–Crippen MR) is 68.7 cm³/mol. The summed E-state index contributed by atoms with van der Waals surface area (Å²) in [5, 5.41) is 10.6. The van der Waals surface area contributed by atoms with Crippen molar-refractivity contribution < 1.29 is 14.5 Å². The van der Waals surface area contributed by atoms with Gasteiger partial charge in [0, 0.05) is 18.3 Å². The molecule has 0 aliphatic carbocycles. The first-order valence-corrected chi connectivity index (χ1v) is 5.69. The Kier molecular flexibility index (Phi) is 3.82. The van der Waals surface area contributed by atoms with E-state index in [0.717, 1.165) is 0 Å². The maximum absolute atomic E-state index is 11.7. The molecule has 0 saturated heterocycles. The maximum atomic E-state index is 11.7. The largest absolute Gasteiger partial charge is 0.484 e. The first-order chi connectivity index (χ1) is 9.08. The van der Waals surface area contributed by atoms with Gasteiger partial charge in [-0.3, -0.25) is 14.9 Å². The van der Waals surface area contributed by atoms with Gasteiger partial charge in [0.25, 0.3) is 5.69 Å². The van der Waals surface area contributed by atoms with Crippen molar-refractivity contribution in [3.63, 3.8) is 0 Å². The number of ether oxygens (including phenoxy) is 1. The van der Waals surface area contributed by atoms with Gasteiger partial charge in [-0.2, -0.15) is 0 Å². The third-order valence-corrected chi connectivity index (χ3v) is 2.68. The van der Waals surface area contributed by atoms with Crippen LogP contribution in [-0.2, 0) is 0 Å². The number of Topliss-reactive ketones (excluding diaryl/α,β-unsaturated/α-hetero) is 1. The van der Waals surface area contributed by atoms with Gasteiger partial charge in [0.05, 0.1) is 15.6 Å². The van der Waals surface area contributed by atoms with E-state index in [-0.39, 0.29) is 28.8 Å². The summed E-state index contributed by atoms with van der Waals surface area (Å²) in [6.07, 6.45) is 1.63. The molecule has 19 heavy (non-hydrogen) atoms. The summed E-state index contributed by atoms with van der Waals surface area (Å²) in [5.74, 6) is -0.00778. The quantitative estimate of drug-likeness (QED) is 0.518. The van der Waals surface area contributed by atoms with Crippen molar-refractivity contribution in [2.75, 3.05) is 6.61 Å². The normalized spacial score (nSPS) is 10.2. The number of hydrogen-bond acceptors (Lipinski definition) is 4. The molecule has 0 atom stereocenters.